The van der Waals surface area contributed by atoms with Crippen LogP contribution in [0.15, 0.2) is 29.6 Å². The zero-order valence-electron chi connectivity index (χ0n) is 8.92. The summed E-state index contributed by atoms with van der Waals surface area (Å²) in [6, 6.07) is 6.95. The van der Waals surface area contributed by atoms with Crippen LogP contribution in [0, 0.1) is 0 Å². The van der Waals surface area contributed by atoms with Crippen molar-refractivity contribution in [3.8, 4) is 0 Å². The van der Waals surface area contributed by atoms with Crippen LogP contribution in [0.25, 0.3) is 10.1 Å². The van der Waals surface area contributed by atoms with E-state index in [0.717, 1.165) is 15.6 Å². The Labute approximate surface area is 102 Å². The first-order valence-corrected chi connectivity index (χ1v) is 5.98. The molecule has 17 heavy (non-hydrogen) atoms. The summed E-state index contributed by atoms with van der Waals surface area (Å²) in [5.74, 6) is -1.02. The van der Waals surface area contributed by atoms with Crippen LogP contribution in [0.3, 0.4) is 0 Å². The number of fused-ring (bicyclic) bond motifs is 1. The van der Waals surface area contributed by atoms with Gasteiger partial charge in [0.1, 0.15) is 6.04 Å². The fraction of sp³-hybridized carbons (Fsp3) is 0.167. The number of rotatable bonds is 5. The first-order chi connectivity index (χ1) is 8.22. The molecule has 0 aliphatic heterocycles. The zero-order chi connectivity index (χ0) is 12.3. The first kappa shape index (κ1) is 11.6. The van der Waals surface area contributed by atoms with Gasteiger partial charge in [0.25, 0.3) is 0 Å². The molecule has 0 spiro atoms. The molecule has 1 aromatic carbocycles. The minimum Gasteiger partial charge on any atom is -0.480 e. The van der Waals surface area contributed by atoms with E-state index >= 15 is 0 Å². The number of carboxylic acid groups (broad SMARTS) is 1. The molecule has 0 saturated carbocycles. The second-order valence-corrected chi connectivity index (χ2v) is 4.55. The maximum absolute atomic E-state index is 10.9. The molecule has 5 heteroatoms. The summed E-state index contributed by atoms with van der Waals surface area (Å²) in [6.07, 6.45) is 0.728. The van der Waals surface area contributed by atoms with E-state index in [9.17, 15) is 9.59 Å². The molecule has 1 atom stereocenters. The Bertz CT molecular complexity index is 549. The lowest BCUT2D eigenvalue weighted by Crippen LogP contribution is -2.37. The molecule has 0 aliphatic carbocycles. The Hall–Kier alpha value is -1.88. The minimum absolute atomic E-state index is 0.304. The first-order valence-electron chi connectivity index (χ1n) is 5.10. The average Bonchev–Trinajstić information content (AvgIpc) is 2.72. The van der Waals surface area contributed by atoms with Gasteiger partial charge in [-0.3, -0.25) is 4.79 Å². The molecule has 1 amide bonds. The molecule has 2 N–H and O–H groups in total. The maximum Gasteiger partial charge on any atom is 0.326 e. The van der Waals surface area contributed by atoms with Crippen LogP contribution in [0.5, 0.6) is 0 Å². The highest BCUT2D eigenvalue weighted by Crippen LogP contribution is 2.26. The van der Waals surface area contributed by atoms with Crippen molar-refractivity contribution < 1.29 is 14.7 Å². The van der Waals surface area contributed by atoms with Crippen molar-refractivity contribution in [2.45, 2.75) is 12.5 Å². The summed E-state index contributed by atoms with van der Waals surface area (Å²) in [4.78, 5) is 21.3. The number of carbonyl (C=O) groups excluding carboxylic acids is 1. The SMILES string of the molecule is O=CN[C@@H](Cc1csc2ccccc12)C(=O)O. The van der Waals surface area contributed by atoms with Crippen LogP contribution in [0.1, 0.15) is 5.56 Å². The summed E-state index contributed by atoms with van der Waals surface area (Å²) < 4.78 is 1.12. The van der Waals surface area contributed by atoms with E-state index < -0.39 is 12.0 Å². The molecule has 0 bridgehead atoms. The second kappa shape index (κ2) is 4.97. The van der Waals surface area contributed by atoms with Gasteiger partial charge in [-0.1, -0.05) is 18.2 Å². The van der Waals surface area contributed by atoms with Gasteiger partial charge >= 0.3 is 5.97 Å². The van der Waals surface area contributed by atoms with Crippen LogP contribution in [-0.4, -0.2) is 23.5 Å². The van der Waals surface area contributed by atoms with Crippen molar-refractivity contribution in [2.24, 2.45) is 0 Å². The third-order valence-corrected chi connectivity index (χ3v) is 3.56. The van der Waals surface area contributed by atoms with Crippen molar-refractivity contribution in [1.82, 2.24) is 5.32 Å². The van der Waals surface area contributed by atoms with Crippen LogP contribution >= 0.6 is 11.3 Å². The van der Waals surface area contributed by atoms with Crippen LogP contribution in [0.2, 0.25) is 0 Å². The van der Waals surface area contributed by atoms with Crippen molar-refractivity contribution in [2.75, 3.05) is 0 Å². The molecule has 1 aromatic heterocycles. The van der Waals surface area contributed by atoms with Gasteiger partial charge in [0, 0.05) is 11.1 Å². The lowest BCUT2D eigenvalue weighted by atomic mass is 10.1. The van der Waals surface area contributed by atoms with E-state index in [-0.39, 0.29) is 0 Å². The van der Waals surface area contributed by atoms with E-state index in [1.165, 1.54) is 0 Å². The quantitative estimate of drug-likeness (QED) is 0.792. The number of carboxylic acids is 1. The zero-order valence-corrected chi connectivity index (χ0v) is 9.74. The van der Waals surface area contributed by atoms with Crippen LogP contribution in [-0.2, 0) is 16.0 Å². The molecular formula is C12H11NO3S. The maximum atomic E-state index is 10.9. The summed E-state index contributed by atoms with van der Waals surface area (Å²) in [6.45, 7) is 0. The van der Waals surface area contributed by atoms with E-state index in [4.69, 9.17) is 5.11 Å². The molecule has 0 saturated heterocycles. The number of hydrogen-bond acceptors (Lipinski definition) is 3. The van der Waals surface area contributed by atoms with E-state index in [1.807, 2.05) is 29.6 Å². The van der Waals surface area contributed by atoms with Gasteiger partial charge < -0.3 is 10.4 Å². The number of thiophene rings is 1. The number of nitrogens with one attached hydrogen (secondary N) is 1. The lowest BCUT2D eigenvalue weighted by Gasteiger charge is -2.10. The molecule has 0 unspecified atom stereocenters. The third kappa shape index (κ3) is 2.45. The van der Waals surface area contributed by atoms with E-state index in [2.05, 4.69) is 5.32 Å². The number of amides is 1. The second-order valence-electron chi connectivity index (χ2n) is 3.64. The van der Waals surface area contributed by atoms with Gasteiger partial charge in [0.2, 0.25) is 6.41 Å². The van der Waals surface area contributed by atoms with Gasteiger partial charge in [0.05, 0.1) is 0 Å². The molecule has 1 heterocycles. The predicted octanol–water partition coefficient (Wildman–Crippen LogP) is 1.64. The van der Waals surface area contributed by atoms with Gasteiger partial charge in [-0.15, -0.1) is 11.3 Å². The monoisotopic (exact) mass is 249 g/mol. The van der Waals surface area contributed by atoms with Crippen molar-refractivity contribution >= 4 is 33.8 Å². The molecule has 4 nitrogen and oxygen atoms in total. The summed E-state index contributed by atoms with van der Waals surface area (Å²) in [7, 11) is 0. The Balaban J connectivity index is 2.28. The largest absolute Gasteiger partial charge is 0.480 e. The van der Waals surface area contributed by atoms with Crippen molar-refractivity contribution in [1.29, 1.82) is 0 Å². The molecule has 2 aromatic rings. The Morgan fingerprint density at radius 2 is 2.24 bits per heavy atom. The molecular weight excluding hydrogens is 238 g/mol. The van der Waals surface area contributed by atoms with Crippen LogP contribution in [0.4, 0.5) is 0 Å². The highest BCUT2D eigenvalue weighted by molar-refractivity contribution is 7.17. The number of benzene rings is 1. The van der Waals surface area contributed by atoms with Gasteiger partial charge in [0.15, 0.2) is 0 Å². The standard InChI is InChI=1S/C12H11NO3S/c14-7-13-10(12(15)16)5-8-6-17-11-4-2-1-3-9(8)11/h1-4,6-7,10H,5H2,(H,13,14)(H,15,16)/t10-/m0/s1. The molecule has 88 valence electrons. The Morgan fingerprint density at radius 3 is 2.94 bits per heavy atom. The van der Waals surface area contributed by atoms with Gasteiger partial charge in [-0.2, -0.15) is 0 Å². The van der Waals surface area contributed by atoms with Crippen molar-refractivity contribution in [3.05, 3.63) is 35.2 Å². The Kier molecular flexibility index (Phi) is 3.39. The number of hydrogen-bond donors (Lipinski definition) is 2. The van der Waals surface area contributed by atoms with E-state index in [1.54, 1.807) is 11.3 Å². The number of aliphatic carboxylic acids is 1. The Morgan fingerprint density at radius 1 is 1.47 bits per heavy atom. The predicted molar refractivity (Wildman–Crippen MR) is 66.2 cm³/mol. The van der Waals surface area contributed by atoms with Gasteiger partial charge in [-0.25, -0.2) is 4.79 Å². The molecule has 2 rings (SSSR count). The molecule has 0 fully saturated rings. The third-order valence-electron chi connectivity index (χ3n) is 2.55. The normalized spacial score (nSPS) is 12.2. The summed E-state index contributed by atoms with van der Waals surface area (Å²) in [5, 5.41) is 14.3. The number of carbonyl (C=O) groups is 2. The smallest absolute Gasteiger partial charge is 0.326 e. The molecule has 0 radical (unpaired) electrons. The van der Waals surface area contributed by atoms with Crippen LogP contribution < -0.4 is 5.32 Å². The minimum atomic E-state index is -1.02. The highest BCUT2D eigenvalue weighted by atomic mass is 32.1. The van der Waals surface area contributed by atoms with E-state index in [0.29, 0.717) is 12.8 Å². The fourth-order valence-electron chi connectivity index (χ4n) is 1.71. The average molecular weight is 249 g/mol. The molecule has 0 aliphatic rings. The highest BCUT2D eigenvalue weighted by Gasteiger charge is 2.18. The lowest BCUT2D eigenvalue weighted by molar-refractivity contribution is -0.140. The van der Waals surface area contributed by atoms with Gasteiger partial charge in [-0.05, 0) is 22.4 Å². The fourth-order valence-corrected chi connectivity index (χ4v) is 2.69. The topological polar surface area (TPSA) is 66.4 Å². The summed E-state index contributed by atoms with van der Waals surface area (Å²) in [5.41, 5.74) is 0.951. The summed E-state index contributed by atoms with van der Waals surface area (Å²) >= 11 is 1.58. The van der Waals surface area contributed by atoms with Crippen molar-refractivity contribution in [3.63, 3.8) is 0 Å².